The molecule has 28 heavy (non-hydrogen) atoms. The highest BCUT2D eigenvalue weighted by Crippen LogP contribution is 2.32. The fourth-order valence-corrected chi connectivity index (χ4v) is 4.07. The number of hydrogen-bond donors (Lipinski definition) is 1. The first kappa shape index (κ1) is 18.5. The van der Waals surface area contributed by atoms with Crippen molar-refractivity contribution < 1.29 is 14.3 Å². The SMILES string of the molecule is COc1cc(C=C2SC(=O)NC2=S)ccc1OCc1cccc2ccccc12. The molecule has 4 rings (SSSR count). The highest BCUT2D eigenvalue weighted by atomic mass is 32.2. The maximum absolute atomic E-state index is 11.4. The number of fused-ring (bicyclic) bond motifs is 1. The second kappa shape index (κ2) is 8.04. The lowest BCUT2D eigenvalue weighted by Gasteiger charge is -2.13. The highest BCUT2D eigenvalue weighted by Gasteiger charge is 2.21. The van der Waals surface area contributed by atoms with Crippen molar-refractivity contribution >= 4 is 51.1 Å². The van der Waals surface area contributed by atoms with Gasteiger partial charge < -0.3 is 14.8 Å². The van der Waals surface area contributed by atoms with Gasteiger partial charge in [0.15, 0.2) is 11.5 Å². The molecule has 0 spiro atoms. The summed E-state index contributed by atoms with van der Waals surface area (Å²) in [6.45, 7) is 0.441. The third kappa shape index (κ3) is 3.88. The molecular weight excluding hydrogens is 390 g/mol. The monoisotopic (exact) mass is 407 g/mol. The van der Waals surface area contributed by atoms with Gasteiger partial charge in [-0.3, -0.25) is 4.79 Å². The summed E-state index contributed by atoms with van der Waals surface area (Å²) in [6, 6.07) is 20.1. The first-order chi connectivity index (χ1) is 13.6. The van der Waals surface area contributed by atoms with E-state index in [4.69, 9.17) is 21.7 Å². The van der Waals surface area contributed by atoms with Gasteiger partial charge in [0.25, 0.3) is 5.24 Å². The summed E-state index contributed by atoms with van der Waals surface area (Å²) >= 11 is 6.25. The lowest BCUT2D eigenvalue weighted by molar-refractivity contribution is 0.265. The molecule has 0 atom stereocenters. The van der Waals surface area contributed by atoms with Crippen LogP contribution in [0.25, 0.3) is 16.8 Å². The Morgan fingerprint density at radius 3 is 2.68 bits per heavy atom. The first-order valence-electron chi connectivity index (χ1n) is 8.66. The first-order valence-corrected chi connectivity index (χ1v) is 9.89. The van der Waals surface area contributed by atoms with Gasteiger partial charge >= 0.3 is 0 Å². The van der Waals surface area contributed by atoms with Crippen molar-refractivity contribution in [2.75, 3.05) is 7.11 Å². The number of carbonyl (C=O) groups excluding carboxylic acids is 1. The zero-order chi connectivity index (χ0) is 19.5. The molecule has 0 saturated carbocycles. The standard InChI is InChI=1S/C22H17NO3S2/c1-25-19-11-14(12-20-21(27)23-22(24)28-20)9-10-18(19)26-13-16-7-4-6-15-5-2-3-8-17(15)16/h2-12H,13H2,1H3,(H,23,24,27). The molecule has 6 heteroatoms. The topological polar surface area (TPSA) is 47.6 Å². The van der Waals surface area contributed by atoms with Gasteiger partial charge in [0.2, 0.25) is 0 Å². The van der Waals surface area contributed by atoms with Crippen LogP contribution in [0, 0.1) is 0 Å². The molecule has 1 aliphatic rings. The number of carbonyl (C=O) groups is 1. The predicted octanol–water partition coefficient (Wildman–Crippen LogP) is 5.55. The second-order valence-electron chi connectivity index (χ2n) is 6.19. The Hall–Kier alpha value is -2.83. The minimum Gasteiger partial charge on any atom is -0.493 e. The fraction of sp³-hybridized carbons (Fsp3) is 0.0909. The van der Waals surface area contributed by atoms with Crippen LogP contribution in [0.1, 0.15) is 11.1 Å². The molecule has 0 radical (unpaired) electrons. The van der Waals surface area contributed by atoms with Crippen molar-refractivity contribution in [1.82, 2.24) is 5.32 Å². The van der Waals surface area contributed by atoms with Crippen molar-refractivity contribution in [1.29, 1.82) is 0 Å². The summed E-state index contributed by atoms with van der Waals surface area (Å²) in [7, 11) is 1.61. The Bertz CT molecular complexity index is 1100. The molecule has 1 heterocycles. The van der Waals surface area contributed by atoms with Crippen molar-refractivity contribution in [2.24, 2.45) is 0 Å². The van der Waals surface area contributed by atoms with E-state index in [0.29, 0.717) is 23.1 Å². The minimum absolute atomic E-state index is 0.154. The van der Waals surface area contributed by atoms with E-state index in [9.17, 15) is 4.79 Å². The van der Waals surface area contributed by atoms with E-state index in [1.807, 2.05) is 42.5 Å². The second-order valence-corrected chi connectivity index (χ2v) is 7.61. The molecule has 0 bridgehead atoms. The number of amides is 1. The predicted molar refractivity (Wildman–Crippen MR) is 118 cm³/mol. The van der Waals surface area contributed by atoms with Gasteiger partial charge in [-0.2, -0.15) is 0 Å². The smallest absolute Gasteiger partial charge is 0.289 e. The van der Waals surface area contributed by atoms with E-state index < -0.39 is 0 Å². The minimum atomic E-state index is -0.154. The van der Waals surface area contributed by atoms with Crippen LogP contribution in [-0.2, 0) is 6.61 Å². The summed E-state index contributed by atoms with van der Waals surface area (Å²) in [6.07, 6.45) is 1.86. The summed E-state index contributed by atoms with van der Waals surface area (Å²) in [5.41, 5.74) is 2.00. The number of rotatable bonds is 5. The molecule has 0 aliphatic carbocycles. The van der Waals surface area contributed by atoms with Crippen molar-refractivity contribution in [3.8, 4) is 11.5 Å². The molecular formula is C22H17NO3S2. The van der Waals surface area contributed by atoms with Gasteiger partial charge in [0.1, 0.15) is 11.6 Å². The highest BCUT2D eigenvalue weighted by molar-refractivity contribution is 8.19. The Morgan fingerprint density at radius 1 is 1.07 bits per heavy atom. The zero-order valence-electron chi connectivity index (χ0n) is 15.1. The molecule has 1 aliphatic heterocycles. The van der Waals surface area contributed by atoms with Crippen molar-refractivity contribution in [2.45, 2.75) is 6.61 Å². The molecule has 0 aromatic heterocycles. The van der Waals surface area contributed by atoms with Crippen LogP contribution in [0.2, 0.25) is 0 Å². The average molecular weight is 408 g/mol. The van der Waals surface area contributed by atoms with Gasteiger partial charge in [-0.1, -0.05) is 60.7 Å². The van der Waals surface area contributed by atoms with Gasteiger partial charge in [-0.15, -0.1) is 0 Å². The molecule has 3 aromatic carbocycles. The van der Waals surface area contributed by atoms with Crippen LogP contribution >= 0.6 is 24.0 Å². The summed E-state index contributed by atoms with van der Waals surface area (Å²) in [5, 5.41) is 4.82. The van der Waals surface area contributed by atoms with E-state index in [-0.39, 0.29) is 5.24 Å². The van der Waals surface area contributed by atoms with Crippen LogP contribution < -0.4 is 14.8 Å². The number of thiocarbonyl (C=S) groups is 1. The lowest BCUT2D eigenvalue weighted by atomic mass is 10.1. The Balaban J connectivity index is 1.56. The normalized spacial score (nSPS) is 15.1. The van der Waals surface area contributed by atoms with Crippen molar-refractivity contribution in [3.05, 3.63) is 76.7 Å². The fourth-order valence-electron chi connectivity index (χ4n) is 3.04. The quantitative estimate of drug-likeness (QED) is 0.444. The van der Waals surface area contributed by atoms with E-state index in [0.717, 1.165) is 27.8 Å². The zero-order valence-corrected chi connectivity index (χ0v) is 16.7. The number of ether oxygens (including phenoxy) is 2. The van der Waals surface area contributed by atoms with Gasteiger partial charge in [0.05, 0.1) is 12.0 Å². The molecule has 140 valence electrons. The number of methoxy groups -OCH3 is 1. The number of nitrogens with one attached hydrogen (secondary N) is 1. The molecule has 3 aromatic rings. The molecule has 1 N–H and O–H groups in total. The van der Waals surface area contributed by atoms with Gasteiger partial charge in [-0.25, -0.2) is 0 Å². The van der Waals surface area contributed by atoms with E-state index in [1.165, 1.54) is 10.8 Å². The van der Waals surface area contributed by atoms with E-state index >= 15 is 0 Å². The number of thioether (sulfide) groups is 1. The van der Waals surface area contributed by atoms with E-state index in [2.05, 4.69) is 29.6 Å². The van der Waals surface area contributed by atoms with Crippen LogP contribution in [0.5, 0.6) is 11.5 Å². The van der Waals surface area contributed by atoms with Crippen LogP contribution in [0.4, 0.5) is 4.79 Å². The number of benzene rings is 3. The molecule has 1 saturated heterocycles. The van der Waals surface area contributed by atoms with Crippen molar-refractivity contribution in [3.63, 3.8) is 0 Å². The molecule has 1 fully saturated rings. The lowest BCUT2D eigenvalue weighted by Crippen LogP contribution is -2.15. The maximum atomic E-state index is 11.4. The largest absolute Gasteiger partial charge is 0.493 e. The average Bonchev–Trinajstić information content (AvgIpc) is 3.03. The summed E-state index contributed by atoms with van der Waals surface area (Å²) in [4.78, 5) is 12.6. The Labute approximate surface area is 172 Å². The summed E-state index contributed by atoms with van der Waals surface area (Å²) < 4.78 is 11.5. The van der Waals surface area contributed by atoms with Crippen LogP contribution in [0.15, 0.2) is 65.6 Å². The van der Waals surface area contributed by atoms with Gasteiger partial charge in [0, 0.05) is 0 Å². The molecule has 4 nitrogen and oxygen atoms in total. The Kier molecular flexibility index (Phi) is 5.32. The summed E-state index contributed by atoms with van der Waals surface area (Å²) in [5.74, 6) is 1.29. The third-order valence-electron chi connectivity index (χ3n) is 4.39. The van der Waals surface area contributed by atoms with E-state index in [1.54, 1.807) is 7.11 Å². The molecule has 0 unspecified atom stereocenters. The third-order valence-corrected chi connectivity index (χ3v) is 5.67. The maximum Gasteiger partial charge on any atom is 0.289 e. The number of hydrogen-bond acceptors (Lipinski definition) is 5. The van der Waals surface area contributed by atoms with Gasteiger partial charge in [-0.05, 0) is 51.9 Å². The Morgan fingerprint density at radius 2 is 1.89 bits per heavy atom. The molecule has 1 amide bonds. The van der Waals surface area contributed by atoms with Crippen LogP contribution in [-0.4, -0.2) is 17.3 Å². The van der Waals surface area contributed by atoms with Crippen LogP contribution in [0.3, 0.4) is 0 Å².